The van der Waals surface area contributed by atoms with E-state index in [0.29, 0.717) is 19.1 Å². The Balaban J connectivity index is 1.62. The predicted octanol–water partition coefficient (Wildman–Crippen LogP) is 2.61. The van der Waals surface area contributed by atoms with E-state index in [2.05, 4.69) is 49.1 Å². The van der Waals surface area contributed by atoms with Gasteiger partial charge in [0.05, 0.1) is 0 Å². The Bertz CT molecular complexity index is 884. The molecule has 2 fully saturated rings. The molecule has 1 aromatic rings. The number of carbonyl (C=O) groups excluding carboxylic acids is 1. The number of fused-ring (bicyclic) bond motifs is 2. The predicted molar refractivity (Wildman–Crippen MR) is 119 cm³/mol. The van der Waals surface area contributed by atoms with E-state index in [1.807, 2.05) is 6.07 Å². The van der Waals surface area contributed by atoms with Gasteiger partial charge >= 0.3 is 191 Å². The first-order valence-corrected chi connectivity index (χ1v) is 12.8. The van der Waals surface area contributed by atoms with Crippen molar-refractivity contribution in [3.63, 3.8) is 0 Å². The van der Waals surface area contributed by atoms with Crippen LogP contribution in [0.15, 0.2) is 42.0 Å². The summed E-state index contributed by atoms with van der Waals surface area (Å²) in [6.45, 7) is 5.23. The molecule has 1 aliphatic heterocycles. The summed E-state index contributed by atoms with van der Waals surface area (Å²) in [7, 11) is 0. The van der Waals surface area contributed by atoms with E-state index in [0.717, 1.165) is 6.42 Å². The molecule has 6 heteroatoms. The van der Waals surface area contributed by atoms with Crippen molar-refractivity contribution in [1.29, 1.82) is 0 Å². The van der Waals surface area contributed by atoms with E-state index >= 15 is 0 Å². The Labute approximate surface area is 190 Å². The molecule has 3 aliphatic rings. The summed E-state index contributed by atoms with van der Waals surface area (Å²) in [5, 5.41) is 11.3. The molecule has 1 saturated carbocycles. The van der Waals surface area contributed by atoms with Crippen LogP contribution in [-0.4, -0.2) is 57.7 Å². The van der Waals surface area contributed by atoms with E-state index in [1.54, 1.807) is 6.92 Å². The number of rotatable bonds is 8. The van der Waals surface area contributed by atoms with Gasteiger partial charge in [-0.25, -0.2) is 0 Å². The van der Waals surface area contributed by atoms with Gasteiger partial charge in [0.25, 0.3) is 0 Å². The number of hydrogen-bond acceptors (Lipinski definition) is 5. The van der Waals surface area contributed by atoms with Crippen molar-refractivity contribution in [2.75, 3.05) is 19.8 Å². The van der Waals surface area contributed by atoms with Gasteiger partial charge in [0, 0.05) is 0 Å². The molecule has 1 aromatic carbocycles. The molecule has 166 valence electrons. The zero-order valence-electron chi connectivity index (χ0n) is 18.1. The molecular weight excluding hydrogens is 459 g/mol. The quantitative estimate of drug-likeness (QED) is 0.200. The summed E-state index contributed by atoms with van der Waals surface area (Å²) >= 11 is 0.0358. The fraction of sp³-hybridized carbons (Fsp3) is 0.560. The Morgan fingerprint density at radius 1 is 1.35 bits per heavy atom. The SMILES string of the molecule is CCOC(=O)C#CC[C@@H](O)[C@]12C=C(C)C[C@](OCC3CC3)(OC1)[C@H]2[Se]c1ccccc1. The number of aliphatic hydroxyl groups is 1. The number of hydrogen-bond donors (Lipinski definition) is 1. The van der Waals surface area contributed by atoms with Gasteiger partial charge in [-0.2, -0.15) is 0 Å². The Morgan fingerprint density at radius 2 is 2.13 bits per heavy atom. The number of carbonyl (C=O) groups is 1. The molecule has 4 rings (SSSR count). The molecule has 0 aromatic heterocycles. The molecule has 31 heavy (non-hydrogen) atoms. The average molecular weight is 489 g/mol. The van der Waals surface area contributed by atoms with Crippen LogP contribution in [0.1, 0.15) is 39.5 Å². The summed E-state index contributed by atoms with van der Waals surface area (Å²) in [4.78, 5) is 11.6. The molecule has 5 nitrogen and oxygen atoms in total. The van der Waals surface area contributed by atoms with E-state index in [4.69, 9.17) is 14.2 Å². The van der Waals surface area contributed by atoms with Gasteiger partial charge in [-0.15, -0.1) is 0 Å². The number of ether oxygens (including phenoxy) is 3. The molecule has 2 bridgehead atoms. The summed E-state index contributed by atoms with van der Waals surface area (Å²) in [6.07, 6.45) is 4.78. The van der Waals surface area contributed by atoms with Gasteiger partial charge in [-0.05, 0) is 0 Å². The molecule has 2 aliphatic carbocycles. The van der Waals surface area contributed by atoms with Crippen molar-refractivity contribution >= 4 is 25.4 Å². The van der Waals surface area contributed by atoms with Crippen LogP contribution < -0.4 is 4.46 Å². The fourth-order valence-electron chi connectivity index (χ4n) is 4.46. The summed E-state index contributed by atoms with van der Waals surface area (Å²) in [5.74, 6) is 4.68. The molecule has 1 heterocycles. The van der Waals surface area contributed by atoms with Crippen molar-refractivity contribution in [3.8, 4) is 11.8 Å². The van der Waals surface area contributed by atoms with Crippen molar-refractivity contribution in [3.05, 3.63) is 42.0 Å². The van der Waals surface area contributed by atoms with Crippen molar-refractivity contribution in [1.82, 2.24) is 0 Å². The van der Waals surface area contributed by atoms with Gasteiger partial charge in [-0.1, -0.05) is 0 Å². The Hall–Kier alpha value is -1.61. The van der Waals surface area contributed by atoms with E-state index in [9.17, 15) is 9.90 Å². The molecule has 0 unspecified atom stereocenters. The van der Waals surface area contributed by atoms with Crippen LogP contribution in [0.5, 0.6) is 0 Å². The second-order valence-corrected chi connectivity index (χ2v) is 11.2. The van der Waals surface area contributed by atoms with Crippen LogP contribution in [0.25, 0.3) is 0 Å². The fourth-order valence-corrected chi connectivity index (χ4v) is 7.60. The molecule has 1 saturated heterocycles. The van der Waals surface area contributed by atoms with Crippen LogP contribution in [0.4, 0.5) is 0 Å². The normalized spacial score (nSPS) is 30.2. The maximum absolute atomic E-state index is 11.6. The zero-order chi connectivity index (χ0) is 21.9. The van der Waals surface area contributed by atoms with Crippen molar-refractivity contribution < 1.29 is 24.1 Å². The topological polar surface area (TPSA) is 65.0 Å². The van der Waals surface area contributed by atoms with Crippen LogP contribution in [0, 0.1) is 23.2 Å². The first-order chi connectivity index (χ1) is 15.0. The molecule has 4 atom stereocenters. The maximum atomic E-state index is 11.6. The van der Waals surface area contributed by atoms with E-state index in [-0.39, 0.29) is 32.8 Å². The average Bonchev–Trinajstić information content (AvgIpc) is 3.55. The van der Waals surface area contributed by atoms with Gasteiger partial charge in [-0.3, -0.25) is 0 Å². The Morgan fingerprint density at radius 3 is 2.84 bits per heavy atom. The van der Waals surface area contributed by atoms with E-state index < -0.39 is 23.3 Å². The number of aliphatic hydroxyl groups excluding tert-OH is 1. The third-order valence-corrected chi connectivity index (χ3v) is 9.44. The zero-order valence-corrected chi connectivity index (χ0v) is 19.8. The van der Waals surface area contributed by atoms with Crippen LogP contribution in [0.3, 0.4) is 0 Å². The minimum absolute atomic E-state index is 0.0248. The summed E-state index contributed by atoms with van der Waals surface area (Å²) in [6, 6.07) is 10.4. The summed E-state index contributed by atoms with van der Waals surface area (Å²) < 4.78 is 19.1. The molecule has 1 N–H and O–H groups in total. The number of benzene rings is 1. The molecular formula is C25H30O5Se. The first kappa shape index (κ1) is 22.6. The van der Waals surface area contributed by atoms with E-state index in [1.165, 1.54) is 22.9 Å². The monoisotopic (exact) mass is 490 g/mol. The van der Waals surface area contributed by atoms with Gasteiger partial charge in [0.1, 0.15) is 0 Å². The summed E-state index contributed by atoms with van der Waals surface area (Å²) in [5.41, 5.74) is 0.594. The van der Waals surface area contributed by atoms with Crippen LogP contribution in [-0.2, 0) is 19.0 Å². The molecule has 0 amide bonds. The second-order valence-electron chi connectivity index (χ2n) is 8.69. The number of esters is 1. The second kappa shape index (κ2) is 9.48. The minimum atomic E-state index is -0.758. The first-order valence-electron chi connectivity index (χ1n) is 11.0. The van der Waals surface area contributed by atoms with Gasteiger partial charge < -0.3 is 0 Å². The molecule has 0 radical (unpaired) electrons. The third kappa shape index (κ3) is 4.92. The van der Waals surface area contributed by atoms with Gasteiger partial charge in [0.2, 0.25) is 0 Å². The Kier molecular flexibility index (Phi) is 6.91. The van der Waals surface area contributed by atoms with Crippen molar-refractivity contribution in [2.24, 2.45) is 11.3 Å². The van der Waals surface area contributed by atoms with Gasteiger partial charge in [0.15, 0.2) is 0 Å². The van der Waals surface area contributed by atoms with Crippen LogP contribution in [0.2, 0.25) is 4.82 Å². The van der Waals surface area contributed by atoms with Crippen LogP contribution >= 0.6 is 0 Å². The molecule has 0 spiro atoms. The third-order valence-electron chi connectivity index (χ3n) is 6.13. The standard InChI is InChI=1S/C25H30O5Se/c1-3-28-22(27)11-7-10-21(26)24-14-18(2)15-25(30-17-24,29-16-19-12-13-19)23(24)31-20-8-5-4-6-9-20/h4-6,8-9,14,19,21,23,26H,3,10,12-13,15-17H2,1-2H3/t21-,23+,24+,25+/m1/s1. The van der Waals surface area contributed by atoms with Crippen molar-refractivity contribution in [2.45, 2.75) is 56.2 Å².